The lowest BCUT2D eigenvalue weighted by Crippen LogP contribution is -2.51. The Bertz CT molecular complexity index is 2900. The first kappa shape index (κ1) is 53.2. The van der Waals surface area contributed by atoms with Crippen LogP contribution in [0.4, 0.5) is 22.7 Å². The van der Waals surface area contributed by atoms with Gasteiger partial charge in [-0.15, -0.1) is 0 Å². The second kappa shape index (κ2) is 24.2. The van der Waals surface area contributed by atoms with Gasteiger partial charge in [0.1, 0.15) is 35.1 Å². The van der Waals surface area contributed by atoms with Gasteiger partial charge in [-0.2, -0.15) is 10.2 Å². The van der Waals surface area contributed by atoms with Crippen LogP contribution in [0.3, 0.4) is 0 Å². The van der Waals surface area contributed by atoms with Crippen molar-refractivity contribution in [3.05, 3.63) is 131 Å². The number of esters is 1. The van der Waals surface area contributed by atoms with Gasteiger partial charge in [-0.05, 0) is 136 Å². The van der Waals surface area contributed by atoms with Crippen molar-refractivity contribution >= 4 is 75.6 Å². The fourth-order valence-corrected chi connectivity index (χ4v) is 8.54. The molecule has 0 fully saturated rings. The number of nitrogens with zero attached hydrogens (tertiary/aromatic N) is 3. The van der Waals surface area contributed by atoms with Crippen LogP contribution in [0.2, 0.25) is 0 Å². The van der Waals surface area contributed by atoms with Gasteiger partial charge >= 0.3 is 11.9 Å². The smallest absolute Gasteiger partial charge is 0.340 e. The molecule has 0 aromatic heterocycles. The van der Waals surface area contributed by atoms with Crippen LogP contribution in [-0.4, -0.2) is 102 Å². The fraction of sp³-hybridized carbons (Fsp3) is 0.302. The summed E-state index contributed by atoms with van der Waals surface area (Å²) in [5.74, 6) is -3.35. The Labute approximate surface area is 431 Å². The number of rotatable bonds is 22. The molecule has 0 aliphatic carbocycles. The van der Waals surface area contributed by atoms with Crippen molar-refractivity contribution in [2.75, 3.05) is 43.9 Å². The fourth-order valence-electron chi connectivity index (χ4n) is 8.32. The molecule has 4 amide bonds. The first-order valence-electron chi connectivity index (χ1n) is 23.9. The van der Waals surface area contributed by atoms with Crippen LogP contribution in [0.15, 0.2) is 113 Å². The summed E-state index contributed by atoms with van der Waals surface area (Å²) in [6.45, 7) is 1.80. The normalized spacial score (nSPS) is 13.5. The van der Waals surface area contributed by atoms with Crippen molar-refractivity contribution in [3.63, 3.8) is 0 Å². The standard InChI is InChI=1S/C53H57N9O11S/c1-31(48(67)59-43(50(69)70)9-6-8-25-54-49(68)32-11-13-33(14-12-32)60-61-34-15-18-36(19-16-34)62(2)3)57-47(66)30-56-46(65)10-5-4-7-26-55-52(74)58-35-17-22-40-39(27-35)51(71)73-53(40)41-23-20-37(63)28-44(41)72-45-29-38(64)21-24-42(45)53/h11-24,27-29,31,43,63-64H,4-10,25-26,30H2,1-3H3,(H,54,68)(H,56,65)(H,57,66)(H,59,67)(H,69,70)(H2,55,58,74)/t31-,43+/m1/s1. The van der Waals surface area contributed by atoms with E-state index in [1.54, 1.807) is 54.6 Å². The zero-order valence-electron chi connectivity index (χ0n) is 40.9. The number of ether oxygens (including phenoxy) is 2. The monoisotopic (exact) mass is 1030 g/mol. The summed E-state index contributed by atoms with van der Waals surface area (Å²) in [4.78, 5) is 77.8. The van der Waals surface area contributed by atoms with E-state index in [-0.39, 0.29) is 60.7 Å². The minimum Gasteiger partial charge on any atom is -0.508 e. The van der Waals surface area contributed by atoms with E-state index >= 15 is 0 Å². The minimum absolute atomic E-state index is 0.0433. The van der Waals surface area contributed by atoms with Gasteiger partial charge < -0.3 is 61.6 Å². The van der Waals surface area contributed by atoms with Crippen LogP contribution in [0.1, 0.15) is 89.3 Å². The van der Waals surface area contributed by atoms with Crippen molar-refractivity contribution in [1.82, 2.24) is 26.6 Å². The Hall–Kier alpha value is -8.59. The molecule has 5 aromatic rings. The summed E-state index contributed by atoms with van der Waals surface area (Å²) < 4.78 is 12.1. The van der Waals surface area contributed by atoms with Crippen molar-refractivity contribution in [2.24, 2.45) is 10.2 Å². The van der Waals surface area contributed by atoms with Crippen LogP contribution < -0.4 is 41.5 Å². The average Bonchev–Trinajstić information content (AvgIpc) is 3.66. The molecule has 5 aromatic carbocycles. The molecule has 2 aliphatic heterocycles. The number of amides is 4. The van der Waals surface area contributed by atoms with Gasteiger partial charge in [0.15, 0.2) is 10.7 Å². The molecule has 386 valence electrons. The number of aliphatic carboxylic acids is 1. The topological polar surface area (TPSA) is 282 Å². The Kier molecular flexibility index (Phi) is 17.4. The number of carbonyl (C=O) groups excluding carboxylic acids is 5. The SMILES string of the molecule is C[C@@H](NC(=O)CNC(=O)CCCCCNC(=S)Nc1ccc2c(c1)C(=O)OC21c2ccc(O)cc2Oc2cc(O)ccc21)C(=O)N[C@@H](CCCCNC(=O)c1ccc(N=Nc2ccc(N(C)C)cc2)cc1)C(=O)O. The van der Waals surface area contributed by atoms with E-state index in [4.69, 9.17) is 21.7 Å². The highest BCUT2D eigenvalue weighted by Gasteiger charge is 2.53. The number of hydrogen-bond acceptors (Lipinski definition) is 14. The van der Waals surface area contributed by atoms with Crippen LogP contribution in [0.25, 0.3) is 0 Å². The molecule has 74 heavy (non-hydrogen) atoms. The number of carboxylic acid groups (broad SMARTS) is 1. The third-order valence-corrected chi connectivity index (χ3v) is 12.5. The largest absolute Gasteiger partial charge is 0.508 e. The number of carboxylic acids is 1. The molecule has 2 aliphatic rings. The highest BCUT2D eigenvalue weighted by Crippen LogP contribution is 2.57. The van der Waals surface area contributed by atoms with Gasteiger partial charge in [0.25, 0.3) is 5.91 Å². The molecule has 0 saturated carbocycles. The second-order valence-corrected chi connectivity index (χ2v) is 18.3. The number of benzene rings is 5. The van der Waals surface area contributed by atoms with Crippen LogP contribution in [0, 0.1) is 0 Å². The van der Waals surface area contributed by atoms with Gasteiger partial charge in [-0.3, -0.25) is 19.2 Å². The predicted octanol–water partition coefficient (Wildman–Crippen LogP) is 6.78. The number of anilines is 2. The molecule has 2 atom stereocenters. The number of fused-ring (bicyclic) bond motifs is 6. The summed E-state index contributed by atoms with van der Waals surface area (Å²) >= 11 is 5.49. The Balaban J connectivity index is 0.744. The van der Waals surface area contributed by atoms with E-state index < -0.39 is 41.4 Å². The summed E-state index contributed by atoms with van der Waals surface area (Å²) in [6.07, 6.45) is 2.93. The highest BCUT2D eigenvalue weighted by molar-refractivity contribution is 7.80. The van der Waals surface area contributed by atoms with E-state index in [9.17, 15) is 44.1 Å². The average molecular weight is 1030 g/mol. The maximum Gasteiger partial charge on any atom is 0.340 e. The van der Waals surface area contributed by atoms with Gasteiger partial charge in [-0.25, -0.2) is 9.59 Å². The van der Waals surface area contributed by atoms with Crippen molar-refractivity contribution in [1.29, 1.82) is 0 Å². The summed E-state index contributed by atoms with van der Waals surface area (Å²) in [6, 6.07) is 26.2. The molecule has 21 heteroatoms. The number of phenolic OH excluding ortho intramolecular Hbond substituents is 2. The number of azo groups is 1. The van der Waals surface area contributed by atoms with Crippen LogP contribution in [-0.2, 0) is 29.5 Å². The molecule has 9 N–H and O–H groups in total. The van der Waals surface area contributed by atoms with Crippen molar-refractivity contribution in [3.8, 4) is 23.0 Å². The molecule has 1 spiro atoms. The molecular formula is C53H57N9O11S. The molecular weight excluding hydrogens is 971 g/mol. The van der Waals surface area contributed by atoms with E-state index in [0.29, 0.717) is 88.6 Å². The maximum absolute atomic E-state index is 13.4. The zero-order valence-corrected chi connectivity index (χ0v) is 41.7. The second-order valence-electron chi connectivity index (χ2n) is 17.9. The third kappa shape index (κ3) is 13.3. The summed E-state index contributed by atoms with van der Waals surface area (Å²) in [7, 11) is 3.90. The van der Waals surface area contributed by atoms with E-state index in [0.717, 1.165) is 5.69 Å². The number of carbonyl (C=O) groups is 6. The summed E-state index contributed by atoms with van der Waals surface area (Å²) in [5, 5.41) is 55.3. The van der Waals surface area contributed by atoms with Crippen molar-refractivity contribution < 1.29 is 53.6 Å². The van der Waals surface area contributed by atoms with Gasteiger partial charge in [0.2, 0.25) is 17.7 Å². The van der Waals surface area contributed by atoms with Gasteiger partial charge in [-0.1, -0.05) is 12.5 Å². The molecule has 7 rings (SSSR count). The Morgan fingerprint density at radius 1 is 0.703 bits per heavy atom. The number of phenols is 2. The molecule has 0 unspecified atom stereocenters. The lowest BCUT2D eigenvalue weighted by molar-refractivity contribution is -0.142. The number of nitrogens with one attached hydrogen (secondary N) is 6. The third-order valence-electron chi connectivity index (χ3n) is 12.2. The lowest BCUT2D eigenvalue weighted by atomic mass is 9.77. The predicted molar refractivity (Wildman–Crippen MR) is 278 cm³/mol. The van der Waals surface area contributed by atoms with Crippen LogP contribution in [0.5, 0.6) is 23.0 Å². The van der Waals surface area contributed by atoms with Crippen LogP contribution >= 0.6 is 12.2 Å². The molecule has 0 saturated heterocycles. The number of unbranched alkanes of at least 4 members (excludes halogenated alkanes) is 3. The van der Waals surface area contributed by atoms with Gasteiger partial charge in [0.05, 0.1) is 23.5 Å². The first-order chi connectivity index (χ1) is 35.5. The van der Waals surface area contributed by atoms with E-state index in [1.165, 1.54) is 31.2 Å². The van der Waals surface area contributed by atoms with E-state index in [1.807, 2.05) is 43.3 Å². The first-order valence-corrected chi connectivity index (χ1v) is 24.4. The molecule has 20 nitrogen and oxygen atoms in total. The molecule has 0 bridgehead atoms. The summed E-state index contributed by atoms with van der Waals surface area (Å²) in [5.41, 5.74) is 3.76. The lowest BCUT2D eigenvalue weighted by Gasteiger charge is -2.36. The Morgan fingerprint density at radius 2 is 1.31 bits per heavy atom. The number of thiocarbonyl (C=S) groups is 1. The molecule has 2 heterocycles. The zero-order chi connectivity index (χ0) is 52.9. The quantitative estimate of drug-likeness (QED) is 0.0149. The number of hydrogen-bond donors (Lipinski definition) is 9. The molecule has 0 radical (unpaired) electrons. The maximum atomic E-state index is 13.4. The van der Waals surface area contributed by atoms with Crippen molar-refractivity contribution in [2.45, 2.75) is 69.6 Å². The Morgan fingerprint density at radius 3 is 1.95 bits per heavy atom. The van der Waals surface area contributed by atoms with E-state index in [2.05, 4.69) is 42.1 Å². The minimum atomic E-state index is -1.38. The van der Waals surface area contributed by atoms with Gasteiger partial charge in [0, 0.05) is 79.4 Å². The number of aromatic hydroxyl groups is 2. The highest BCUT2D eigenvalue weighted by atomic mass is 32.1.